The van der Waals surface area contributed by atoms with E-state index in [1.54, 1.807) is 18.2 Å². The highest BCUT2D eigenvalue weighted by Gasteiger charge is 2.36. The number of halogens is 3. The molecule has 0 radical (unpaired) electrons. The maximum Gasteiger partial charge on any atom is 0.433 e. The van der Waals surface area contributed by atoms with E-state index in [1.807, 2.05) is 6.07 Å². The van der Waals surface area contributed by atoms with E-state index in [-0.39, 0.29) is 11.7 Å². The van der Waals surface area contributed by atoms with Gasteiger partial charge in [0.05, 0.1) is 0 Å². The first-order valence-corrected chi connectivity index (χ1v) is 8.50. The Labute approximate surface area is 153 Å². The number of aromatic nitrogens is 2. The summed E-state index contributed by atoms with van der Waals surface area (Å²) in [5, 5.41) is 2.79. The summed E-state index contributed by atoms with van der Waals surface area (Å²) < 4.78 is 39.4. The van der Waals surface area contributed by atoms with E-state index in [4.69, 9.17) is 0 Å². The molecule has 1 aliphatic heterocycles. The summed E-state index contributed by atoms with van der Waals surface area (Å²) in [5.74, 6) is -0.111. The smallest absolute Gasteiger partial charge is 0.355 e. The van der Waals surface area contributed by atoms with Gasteiger partial charge in [0.1, 0.15) is 5.82 Å². The number of carbonyl (C=O) groups is 1. The fraction of sp³-hybridized carbons (Fsp3) is 0.389. The quantitative estimate of drug-likeness (QED) is 0.855. The lowest BCUT2D eigenvalue weighted by Crippen LogP contribution is -2.28. The third-order valence-electron chi connectivity index (χ3n) is 4.43. The van der Waals surface area contributed by atoms with Crippen LogP contribution >= 0.6 is 0 Å². The van der Waals surface area contributed by atoms with Crippen molar-refractivity contribution in [3.8, 4) is 11.4 Å². The maximum absolute atomic E-state index is 13.1. The van der Waals surface area contributed by atoms with Crippen molar-refractivity contribution in [2.24, 2.45) is 0 Å². The molecular formula is C18H19F3N4O2. The molecule has 1 saturated heterocycles. The number of carbonyl (C=O) groups excluding carboxylic acids is 1. The van der Waals surface area contributed by atoms with E-state index in [2.05, 4.69) is 20.2 Å². The second-order valence-corrected chi connectivity index (χ2v) is 6.46. The normalized spacial score (nSPS) is 16.1. The van der Waals surface area contributed by atoms with Crippen molar-refractivity contribution in [2.45, 2.75) is 26.1 Å². The number of aromatic amines is 1. The lowest BCUT2D eigenvalue weighted by atomic mass is 10.1. The molecule has 0 unspecified atom stereocenters. The van der Waals surface area contributed by atoms with Gasteiger partial charge in [0.25, 0.3) is 5.56 Å². The summed E-state index contributed by atoms with van der Waals surface area (Å²) in [6.45, 7) is 3.50. The van der Waals surface area contributed by atoms with E-state index >= 15 is 0 Å². The third kappa shape index (κ3) is 4.54. The Morgan fingerprint density at radius 3 is 2.74 bits per heavy atom. The average molecular weight is 380 g/mol. The standard InChI is InChI=1S/C18H19F3N4O2/c1-11-15(18(19,20)21)23-16(24-17(11)27)13-4-2-3-12(9-13)10-25-7-5-14(26)22-6-8-25/h2-4,9H,5-8,10H2,1H3,(H,22,26)(H,23,24,27). The van der Waals surface area contributed by atoms with Crippen molar-refractivity contribution in [1.82, 2.24) is 20.2 Å². The van der Waals surface area contributed by atoms with Gasteiger partial charge in [-0.2, -0.15) is 13.2 Å². The van der Waals surface area contributed by atoms with Crippen LogP contribution < -0.4 is 10.9 Å². The van der Waals surface area contributed by atoms with Crippen molar-refractivity contribution in [2.75, 3.05) is 19.6 Å². The zero-order chi connectivity index (χ0) is 19.6. The zero-order valence-corrected chi connectivity index (χ0v) is 14.7. The summed E-state index contributed by atoms with van der Waals surface area (Å²) in [5.41, 5.74) is -1.18. The minimum atomic E-state index is -4.70. The van der Waals surface area contributed by atoms with Crippen LogP contribution in [0.1, 0.15) is 23.2 Å². The van der Waals surface area contributed by atoms with Gasteiger partial charge in [-0.1, -0.05) is 18.2 Å². The number of amides is 1. The molecule has 27 heavy (non-hydrogen) atoms. The molecular weight excluding hydrogens is 361 g/mol. The van der Waals surface area contributed by atoms with Crippen molar-refractivity contribution >= 4 is 5.91 Å². The molecule has 1 aromatic heterocycles. The van der Waals surface area contributed by atoms with Crippen molar-refractivity contribution in [3.63, 3.8) is 0 Å². The average Bonchev–Trinajstić information content (AvgIpc) is 2.81. The SMILES string of the molecule is Cc1c(C(F)(F)F)nc(-c2cccc(CN3CCNC(=O)CC3)c2)[nH]c1=O. The summed E-state index contributed by atoms with van der Waals surface area (Å²) >= 11 is 0. The lowest BCUT2D eigenvalue weighted by molar-refractivity contribution is -0.141. The first-order valence-electron chi connectivity index (χ1n) is 8.50. The lowest BCUT2D eigenvalue weighted by Gasteiger charge is -2.19. The Balaban J connectivity index is 1.88. The van der Waals surface area contributed by atoms with Gasteiger partial charge in [-0.15, -0.1) is 0 Å². The summed E-state index contributed by atoms with van der Waals surface area (Å²) in [4.78, 5) is 31.5. The molecule has 2 aromatic rings. The summed E-state index contributed by atoms with van der Waals surface area (Å²) in [6, 6.07) is 6.86. The van der Waals surface area contributed by atoms with Gasteiger partial charge in [-0.3, -0.25) is 14.5 Å². The van der Waals surface area contributed by atoms with Crippen LogP contribution in [-0.2, 0) is 17.5 Å². The number of nitrogens with zero attached hydrogens (tertiary/aromatic N) is 2. The van der Waals surface area contributed by atoms with E-state index in [9.17, 15) is 22.8 Å². The zero-order valence-electron chi connectivity index (χ0n) is 14.7. The molecule has 6 nitrogen and oxygen atoms in total. The first kappa shape index (κ1) is 19.1. The second kappa shape index (κ2) is 7.51. The van der Waals surface area contributed by atoms with Crippen LogP contribution in [-0.4, -0.2) is 40.4 Å². The van der Waals surface area contributed by atoms with E-state index in [1.165, 1.54) is 0 Å². The largest absolute Gasteiger partial charge is 0.433 e. The van der Waals surface area contributed by atoms with Gasteiger partial charge in [-0.25, -0.2) is 4.98 Å². The number of hydrogen-bond donors (Lipinski definition) is 2. The van der Waals surface area contributed by atoms with Crippen LogP contribution in [0.4, 0.5) is 13.2 Å². The van der Waals surface area contributed by atoms with E-state index in [0.717, 1.165) is 12.5 Å². The van der Waals surface area contributed by atoms with Crippen molar-refractivity contribution in [3.05, 3.63) is 51.4 Å². The molecule has 144 valence electrons. The fourth-order valence-corrected chi connectivity index (χ4v) is 2.99. The highest BCUT2D eigenvalue weighted by atomic mass is 19.4. The number of hydrogen-bond acceptors (Lipinski definition) is 4. The molecule has 1 amide bonds. The van der Waals surface area contributed by atoms with Gasteiger partial charge in [-0.05, 0) is 18.6 Å². The van der Waals surface area contributed by atoms with Crippen LogP contribution in [0.3, 0.4) is 0 Å². The Kier molecular flexibility index (Phi) is 5.31. The Morgan fingerprint density at radius 2 is 2.00 bits per heavy atom. The Morgan fingerprint density at radius 1 is 1.22 bits per heavy atom. The van der Waals surface area contributed by atoms with Crippen LogP contribution in [0.2, 0.25) is 0 Å². The monoisotopic (exact) mass is 380 g/mol. The molecule has 2 N–H and O–H groups in total. The second-order valence-electron chi connectivity index (χ2n) is 6.46. The van der Waals surface area contributed by atoms with Gasteiger partial charge in [0.2, 0.25) is 5.91 Å². The van der Waals surface area contributed by atoms with E-state index in [0.29, 0.717) is 38.2 Å². The molecule has 2 heterocycles. The van der Waals surface area contributed by atoms with Gasteiger partial charge >= 0.3 is 6.18 Å². The predicted molar refractivity (Wildman–Crippen MR) is 92.9 cm³/mol. The minimum Gasteiger partial charge on any atom is -0.355 e. The maximum atomic E-state index is 13.1. The highest BCUT2D eigenvalue weighted by Crippen LogP contribution is 2.30. The van der Waals surface area contributed by atoms with Gasteiger partial charge in [0.15, 0.2) is 5.69 Å². The molecule has 0 atom stereocenters. The topological polar surface area (TPSA) is 78.1 Å². The fourth-order valence-electron chi connectivity index (χ4n) is 2.99. The molecule has 3 rings (SSSR count). The van der Waals surface area contributed by atoms with Crippen LogP contribution in [0.15, 0.2) is 29.1 Å². The molecule has 0 spiro atoms. The number of nitrogens with one attached hydrogen (secondary N) is 2. The number of H-pyrrole nitrogens is 1. The summed E-state index contributed by atoms with van der Waals surface area (Å²) in [6.07, 6.45) is -4.29. The molecule has 0 aliphatic carbocycles. The molecule has 1 aromatic carbocycles. The Bertz CT molecular complexity index is 908. The van der Waals surface area contributed by atoms with Gasteiger partial charge in [0, 0.05) is 43.7 Å². The first-order chi connectivity index (χ1) is 12.7. The molecule has 1 fully saturated rings. The molecule has 1 aliphatic rings. The van der Waals surface area contributed by atoms with E-state index < -0.39 is 23.0 Å². The highest BCUT2D eigenvalue weighted by molar-refractivity contribution is 5.76. The number of benzene rings is 1. The van der Waals surface area contributed by atoms with Crippen LogP contribution in [0, 0.1) is 6.92 Å². The van der Waals surface area contributed by atoms with Gasteiger partial charge < -0.3 is 10.3 Å². The molecule has 9 heteroatoms. The van der Waals surface area contributed by atoms with Crippen LogP contribution in [0.25, 0.3) is 11.4 Å². The predicted octanol–water partition coefficient (Wildman–Crippen LogP) is 2.09. The minimum absolute atomic E-state index is 0.00682. The number of alkyl halides is 3. The summed E-state index contributed by atoms with van der Waals surface area (Å²) in [7, 11) is 0. The third-order valence-corrected chi connectivity index (χ3v) is 4.43. The Hall–Kier alpha value is -2.68. The van der Waals surface area contributed by atoms with Crippen molar-refractivity contribution < 1.29 is 18.0 Å². The molecule has 0 bridgehead atoms. The van der Waals surface area contributed by atoms with Crippen LogP contribution in [0.5, 0.6) is 0 Å². The van der Waals surface area contributed by atoms with Crippen molar-refractivity contribution in [1.29, 1.82) is 0 Å². The molecule has 0 saturated carbocycles. The number of rotatable bonds is 3.